The van der Waals surface area contributed by atoms with Gasteiger partial charge in [0.25, 0.3) is 0 Å². The van der Waals surface area contributed by atoms with Gasteiger partial charge in [0.15, 0.2) is 0 Å². The van der Waals surface area contributed by atoms with Crippen LogP contribution in [0.4, 0.5) is 13.2 Å². The molecule has 0 amide bonds. The molecule has 3 aromatic rings. The summed E-state index contributed by atoms with van der Waals surface area (Å²) < 4.78 is 41.3. The zero-order valence-corrected chi connectivity index (χ0v) is 13.3. The number of hydrogen-bond acceptors (Lipinski definition) is 1. The zero-order chi connectivity index (χ0) is 18.1. The Morgan fingerprint density at radius 3 is 2.00 bits per heavy atom. The van der Waals surface area contributed by atoms with E-state index in [2.05, 4.69) is 0 Å². The largest absolute Gasteiger partial charge is 0.478 e. The predicted molar refractivity (Wildman–Crippen MR) is 89.2 cm³/mol. The monoisotopic (exact) mass is 362 g/mol. The van der Waals surface area contributed by atoms with E-state index >= 15 is 0 Å². The molecule has 2 nitrogen and oxygen atoms in total. The first kappa shape index (κ1) is 17.0. The summed E-state index contributed by atoms with van der Waals surface area (Å²) >= 11 is 5.74. The average molecular weight is 363 g/mol. The number of hydrogen-bond donors (Lipinski definition) is 1. The van der Waals surface area contributed by atoms with Crippen LogP contribution < -0.4 is 0 Å². The van der Waals surface area contributed by atoms with E-state index < -0.39 is 29.0 Å². The first-order valence-corrected chi connectivity index (χ1v) is 7.53. The van der Waals surface area contributed by atoms with Crippen molar-refractivity contribution in [2.75, 3.05) is 0 Å². The number of benzene rings is 3. The van der Waals surface area contributed by atoms with Crippen molar-refractivity contribution >= 4 is 17.6 Å². The Labute approximate surface area is 146 Å². The molecular formula is C19H10ClF3O2. The van der Waals surface area contributed by atoms with Crippen LogP contribution in [0.15, 0.2) is 54.6 Å². The molecule has 0 fully saturated rings. The molecule has 0 unspecified atom stereocenters. The van der Waals surface area contributed by atoms with Gasteiger partial charge in [0.1, 0.15) is 17.5 Å². The maximum Gasteiger partial charge on any atom is 0.338 e. The van der Waals surface area contributed by atoms with Crippen molar-refractivity contribution in [2.24, 2.45) is 0 Å². The van der Waals surface area contributed by atoms with Gasteiger partial charge in [0, 0.05) is 5.56 Å². The second kappa shape index (κ2) is 6.61. The first-order valence-electron chi connectivity index (χ1n) is 7.15. The van der Waals surface area contributed by atoms with E-state index in [0.717, 1.165) is 18.2 Å². The maximum absolute atomic E-state index is 14.2. The Hall–Kier alpha value is -2.79. The van der Waals surface area contributed by atoms with Gasteiger partial charge >= 0.3 is 5.97 Å². The molecule has 3 aromatic carbocycles. The molecule has 0 bridgehead atoms. The summed E-state index contributed by atoms with van der Waals surface area (Å²) in [6.45, 7) is 0. The van der Waals surface area contributed by atoms with Crippen LogP contribution in [0.1, 0.15) is 10.4 Å². The van der Waals surface area contributed by atoms with Gasteiger partial charge in [-0.3, -0.25) is 0 Å². The van der Waals surface area contributed by atoms with Crippen LogP contribution in [0, 0.1) is 17.5 Å². The number of aromatic carboxylic acids is 1. The summed E-state index contributed by atoms with van der Waals surface area (Å²) in [4.78, 5) is 10.9. The normalized spacial score (nSPS) is 10.7. The number of carboxylic acid groups (broad SMARTS) is 1. The molecule has 0 radical (unpaired) electrons. The highest BCUT2D eigenvalue weighted by atomic mass is 35.5. The summed E-state index contributed by atoms with van der Waals surface area (Å²) in [5.74, 6) is -3.42. The van der Waals surface area contributed by atoms with Gasteiger partial charge in [-0.05, 0) is 53.1 Å². The highest BCUT2D eigenvalue weighted by Crippen LogP contribution is 2.31. The summed E-state index contributed by atoms with van der Waals surface area (Å²) in [7, 11) is 0. The minimum Gasteiger partial charge on any atom is -0.478 e. The van der Waals surface area contributed by atoms with Gasteiger partial charge in [0.2, 0.25) is 0 Å². The lowest BCUT2D eigenvalue weighted by Gasteiger charge is -2.09. The van der Waals surface area contributed by atoms with E-state index in [9.17, 15) is 18.0 Å². The topological polar surface area (TPSA) is 37.3 Å². The Morgan fingerprint density at radius 1 is 0.760 bits per heavy atom. The van der Waals surface area contributed by atoms with Crippen molar-refractivity contribution in [2.45, 2.75) is 0 Å². The highest BCUT2D eigenvalue weighted by molar-refractivity contribution is 6.31. The zero-order valence-electron chi connectivity index (χ0n) is 12.6. The molecule has 0 saturated carbocycles. The molecule has 6 heteroatoms. The third kappa shape index (κ3) is 3.37. The van der Waals surface area contributed by atoms with Gasteiger partial charge in [0.05, 0.1) is 10.6 Å². The lowest BCUT2D eigenvalue weighted by molar-refractivity contribution is 0.0692. The number of rotatable bonds is 3. The Balaban J connectivity index is 2.09. The molecule has 0 atom stereocenters. The Morgan fingerprint density at radius 2 is 1.36 bits per heavy atom. The fraction of sp³-hybridized carbons (Fsp3) is 0. The van der Waals surface area contributed by atoms with Gasteiger partial charge < -0.3 is 5.11 Å². The van der Waals surface area contributed by atoms with Crippen LogP contribution in [-0.2, 0) is 0 Å². The number of carbonyl (C=O) groups is 1. The van der Waals surface area contributed by atoms with Crippen molar-refractivity contribution in [1.82, 2.24) is 0 Å². The number of halogens is 4. The molecule has 0 aliphatic rings. The molecule has 0 heterocycles. The van der Waals surface area contributed by atoms with E-state index in [1.54, 1.807) is 0 Å². The van der Waals surface area contributed by atoms with Gasteiger partial charge in [-0.1, -0.05) is 29.8 Å². The van der Waals surface area contributed by atoms with Crippen molar-refractivity contribution in [3.8, 4) is 22.3 Å². The second-order valence-electron chi connectivity index (χ2n) is 5.32. The smallest absolute Gasteiger partial charge is 0.338 e. The van der Waals surface area contributed by atoms with Crippen LogP contribution in [0.25, 0.3) is 22.3 Å². The molecule has 0 aliphatic carbocycles. The van der Waals surface area contributed by atoms with E-state index in [4.69, 9.17) is 16.7 Å². The molecule has 1 N–H and O–H groups in total. The average Bonchev–Trinajstić information content (AvgIpc) is 2.57. The van der Waals surface area contributed by atoms with Gasteiger partial charge in [-0.2, -0.15) is 0 Å². The van der Waals surface area contributed by atoms with Gasteiger partial charge in [-0.15, -0.1) is 0 Å². The molecule has 0 spiro atoms. The lowest BCUT2D eigenvalue weighted by atomic mass is 9.97. The second-order valence-corrected chi connectivity index (χ2v) is 5.73. The third-order valence-electron chi connectivity index (χ3n) is 3.73. The predicted octanol–water partition coefficient (Wildman–Crippen LogP) is 5.79. The molecule has 25 heavy (non-hydrogen) atoms. The molecular weight excluding hydrogens is 353 g/mol. The Kier molecular flexibility index (Phi) is 4.51. The van der Waals surface area contributed by atoms with E-state index in [-0.39, 0.29) is 10.6 Å². The lowest BCUT2D eigenvalue weighted by Crippen LogP contribution is -2.00. The van der Waals surface area contributed by atoms with Crippen LogP contribution in [0.2, 0.25) is 5.02 Å². The summed E-state index contributed by atoms with van der Waals surface area (Å²) in [6.07, 6.45) is 0. The van der Waals surface area contributed by atoms with Crippen molar-refractivity contribution < 1.29 is 23.1 Å². The minimum absolute atomic E-state index is 0.140. The quantitative estimate of drug-likeness (QED) is 0.640. The molecule has 0 aliphatic heterocycles. The minimum atomic E-state index is -1.37. The van der Waals surface area contributed by atoms with Crippen molar-refractivity contribution in [3.63, 3.8) is 0 Å². The van der Waals surface area contributed by atoms with Crippen LogP contribution >= 0.6 is 11.6 Å². The maximum atomic E-state index is 14.2. The van der Waals surface area contributed by atoms with E-state index in [0.29, 0.717) is 16.7 Å². The first-order chi connectivity index (χ1) is 11.9. The Bertz CT molecular complexity index is 986. The molecule has 0 saturated heterocycles. The summed E-state index contributed by atoms with van der Waals surface area (Å²) in [5.41, 5.74) is 0.955. The molecule has 126 valence electrons. The molecule has 0 aromatic heterocycles. The summed E-state index contributed by atoms with van der Waals surface area (Å²) in [5, 5.41) is 8.73. The summed E-state index contributed by atoms with van der Waals surface area (Å²) in [6, 6.07) is 11.6. The molecule has 3 rings (SSSR count). The standard InChI is InChI=1S/C19H10ClF3O2/c20-15-8-12(3-6-17(15)22)14-7-10(2-5-16(14)21)11-1-4-13(19(24)25)18(23)9-11/h1-9H,(H,24,25). The van der Waals surface area contributed by atoms with Crippen LogP contribution in [0.3, 0.4) is 0 Å². The fourth-order valence-corrected chi connectivity index (χ4v) is 2.64. The van der Waals surface area contributed by atoms with E-state index in [1.165, 1.54) is 36.4 Å². The van der Waals surface area contributed by atoms with Crippen LogP contribution in [0.5, 0.6) is 0 Å². The third-order valence-corrected chi connectivity index (χ3v) is 4.02. The SMILES string of the molecule is O=C(O)c1ccc(-c2ccc(F)c(-c3ccc(F)c(Cl)c3)c2)cc1F. The van der Waals surface area contributed by atoms with Crippen molar-refractivity contribution in [3.05, 3.63) is 82.6 Å². The fourth-order valence-electron chi connectivity index (χ4n) is 2.46. The highest BCUT2D eigenvalue weighted by Gasteiger charge is 2.13. The number of carboxylic acids is 1. The van der Waals surface area contributed by atoms with E-state index in [1.807, 2.05) is 0 Å². The van der Waals surface area contributed by atoms with Crippen molar-refractivity contribution in [1.29, 1.82) is 0 Å². The van der Waals surface area contributed by atoms with Gasteiger partial charge in [-0.25, -0.2) is 18.0 Å². The van der Waals surface area contributed by atoms with Crippen LogP contribution in [-0.4, -0.2) is 11.1 Å².